The zero-order chi connectivity index (χ0) is 16.8. The van der Waals surface area contributed by atoms with Crippen LogP contribution in [0.4, 0.5) is 0 Å². The fourth-order valence-corrected chi connectivity index (χ4v) is 2.14. The first kappa shape index (κ1) is 17.2. The first-order valence-corrected chi connectivity index (χ1v) is 7.20. The molecule has 0 radical (unpaired) electrons. The van der Waals surface area contributed by atoms with E-state index in [1.165, 1.54) is 0 Å². The van der Waals surface area contributed by atoms with E-state index in [4.69, 9.17) is 9.57 Å². The summed E-state index contributed by atoms with van der Waals surface area (Å²) in [4.78, 5) is 16.2. The lowest BCUT2D eigenvalue weighted by Crippen LogP contribution is -2.43. The molecule has 2 rings (SSSR count). The van der Waals surface area contributed by atoms with E-state index in [1.54, 1.807) is 6.92 Å². The van der Waals surface area contributed by atoms with E-state index in [-0.39, 0.29) is 24.7 Å². The van der Waals surface area contributed by atoms with Gasteiger partial charge < -0.3 is 24.5 Å². The molecule has 1 aliphatic heterocycles. The third-order valence-electron chi connectivity index (χ3n) is 3.27. The number of nitrogens with zero attached hydrogens (tertiary/aromatic N) is 1. The van der Waals surface area contributed by atoms with Gasteiger partial charge in [0.1, 0.15) is 6.10 Å². The number of benzene rings is 1. The van der Waals surface area contributed by atoms with Crippen molar-refractivity contribution in [3.05, 3.63) is 41.1 Å². The molecule has 8 heteroatoms. The lowest BCUT2D eigenvalue weighted by atomic mass is 10.1. The highest BCUT2D eigenvalue weighted by Gasteiger charge is 2.47. The van der Waals surface area contributed by atoms with Gasteiger partial charge in [0, 0.05) is 0 Å². The van der Waals surface area contributed by atoms with E-state index < -0.39 is 30.0 Å². The van der Waals surface area contributed by atoms with Gasteiger partial charge in [-0.2, -0.15) is 0 Å². The van der Waals surface area contributed by atoms with Gasteiger partial charge in [0.25, 0.3) is 0 Å². The van der Waals surface area contributed by atoms with Crippen LogP contribution in [-0.4, -0.2) is 58.3 Å². The molecule has 23 heavy (non-hydrogen) atoms. The van der Waals surface area contributed by atoms with Crippen LogP contribution in [-0.2, 0) is 25.7 Å². The average molecular weight is 325 g/mol. The van der Waals surface area contributed by atoms with Gasteiger partial charge in [-0.15, -0.1) is 0 Å². The number of ether oxygens (including phenoxy) is 2. The van der Waals surface area contributed by atoms with Crippen molar-refractivity contribution in [2.75, 3.05) is 13.2 Å². The number of aliphatic hydroxyl groups excluding tert-OH is 2. The summed E-state index contributed by atoms with van der Waals surface area (Å²) in [6.07, 6.45) is -4.15. The van der Waals surface area contributed by atoms with Gasteiger partial charge in [-0.25, -0.2) is 4.79 Å². The number of carbonyl (C=O) groups is 1. The summed E-state index contributed by atoms with van der Waals surface area (Å²) < 4.78 is 10.00. The maximum Gasteiger partial charge on any atom is 0.408 e. The fourth-order valence-electron chi connectivity index (χ4n) is 2.14. The van der Waals surface area contributed by atoms with Crippen molar-refractivity contribution >= 4 is 11.7 Å². The van der Waals surface area contributed by atoms with Gasteiger partial charge in [-0.05, 0) is 12.5 Å². The molecule has 8 nitrogen and oxygen atoms in total. The Labute approximate surface area is 133 Å². The average Bonchev–Trinajstić information content (AvgIpc) is 2.83. The molecule has 1 aromatic carbocycles. The standard InChI is InChI=1S/C15H19NO7/c1-2-22-15(19)12-13(18)14(23-16(12)20)11(17)9-21-8-10-6-4-3-5-7-10/h3-7,11,13-14,17-18H,2,8-9H2,1H3/t11-,13+,14-/m1/s1. The second-order valence-electron chi connectivity index (χ2n) is 4.95. The van der Waals surface area contributed by atoms with Crippen LogP contribution in [0.1, 0.15) is 12.5 Å². The summed E-state index contributed by atoms with van der Waals surface area (Å²) in [5.74, 6) is -0.977. The zero-order valence-electron chi connectivity index (χ0n) is 12.6. The summed E-state index contributed by atoms with van der Waals surface area (Å²) in [6, 6.07) is 9.30. The van der Waals surface area contributed by atoms with Crippen molar-refractivity contribution in [2.24, 2.45) is 0 Å². The quantitative estimate of drug-likeness (QED) is 0.525. The monoisotopic (exact) mass is 325 g/mol. The topological polar surface area (TPSA) is 111 Å². The normalized spacial score (nSPS) is 21.9. The van der Waals surface area contributed by atoms with Crippen molar-refractivity contribution < 1.29 is 34.2 Å². The van der Waals surface area contributed by atoms with Crippen LogP contribution in [0.15, 0.2) is 30.3 Å². The highest BCUT2D eigenvalue weighted by atomic mass is 16.9. The summed E-state index contributed by atoms with van der Waals surface area (Å²) in [6.45, 7) is 1.71. The number of aliphatic hydroxyl groups is 2. The van der Waals surface area contributed by atoms with Crippen LogP contribution in [0.25, 0.3) is 0 Å². The van der Waals surface area contributed by atoms with Crippen molar-refractivity contribution in [1.82, 2.24) is 0 Å². The molecule has 1 heterocycles. The Kier molecular flexibility index (Phi) is 5.91. The molecule has 3 atom stereocenters. The van der Waals surface area contributed by atoms with E-state index in [9.17, 15) is 20.2 Å². The van der Waals surface area contributed by atoms with Crippen molar-refractivity contribution in [2.45, 2.75) is 31.8 Å². The predicted molar refractivity (Wildman–Crippen MR) is 78.3 cm³/mol. The number of esters is 1. The van der Waals surface area contributed by atoms with Gasteiger partial charge >= 0.3 is 11.7 Å². The minimum atomic E-state index is -1.58. The Bertz CT molecular complexity index is 560. The highest BCUT2D eigenvalue weighted by Crippen LogP contribution is 2.16. The van der Waals surface area contributed by atoms with Gasteiger partial charge in [0.2, 0.25) is 0 Å². The van der Waals surface area contributed by atoms with Crippen LogP contribution >= 0.6 is 0 Å². The number of rotatable bonds is 7. The summed E-state index contributed by atoms with van der Waals surface area (Å²) in [5, 5.41) is 31.5. The first-order valence-electron chi connectivity index (χ1n) is 7.20. The van der Waals surface area contributed by atoms with E-state index in [0.717, 1.165) is 5.56 Å². The molecule has 126 valence electrons. The van der Waals surface area contributed by atoms with Crippen LogP contribution in [0, 0.1) is 5.21 Å². The number of hydrogen-bond acceptors (Lipinski definition) is 7. The smallest absolute Gasteiger partial charge is 0.408 e. The Balaban J connectivity index is 1.86. The van der Waals surface area contributed by atoms with Crippen LogP contribution < -0.4 is 0 Å². The molecule has 0 bridgehead atoms. The maximum absolute atomic E-state index is 11.6. The summed E-state index contributed by atoms with van der Waals surface area (Å²) >= 11 is 0. The molecule has 2 N–H and O–H groups in total. The number of carbonyl (C=O) groups excluding carboxylic acids is 1. The highest BCUT2D eigenvalue weighted by molar-refractivity contribution is 6.36. The van der Waals surface area contributed by atoms with Crippen molar-refractivity contribution in [1.29, 1.82) is 0 Å². The van der Waals surface area contributed by atoms with Crippen LogP contribution in [0.5, 0.6) is 0 Å². The second-order valence-corrected chi connectivity index (χ2v) is 4.95. The van der Waals surface area contributed by atoms with Gasteiger partial charge in [-0.1, -0.05) is 30.3 Å². The van der Waals surface area contributed by atoms with Gasteiger partial charge in [0.15, 0.2) is 6.10 Å². The third-order valence-corrected chi connectivity index (χ3v) is 3.27. The van der Waals surface area contributed by atoms with Crippen LogP contribution in [0.2, 0.25) is 0 Å². The van der Waals surface area contributed by atoms with Crippen molar-refractivity contribution in [3.8, 4) is 0 Å². The second kappa shape index (κ2) is 7.91. The molecular weight excluding hydrogens is 306 g/mol. The minimum absolute atomic E-state index is 0.0519. The van der Waals surface area contributed by atoms with E-state index in [2.05, 4.69) is 4.74 Å². The molecular formula is C15H19NO7. The van der Waals surface area contributed by atoms with Gasteiger partial charge in [-0.3, -0.25) is 5.21 Å². The Hall–Kier alpha value is -2.16. The Morgan fingerprint density at radius 3 is 2.78 bits per heavy atom. The molecule has 0 saturated heterocycles. The minimum Gasteiger partial charge on any atom is -0.458 e. The summed E-state index contributed by atoms with van der Waals surface area (Å²) in [7, 11) is 0. The fraction of sp³-hybridized carbons (Fsp3) is 0.467. The first-order chi connectivity index (χ1) is 11.0. The Morgan fingerprint density at radius 2 is 2.13 bits per heavy atom. The molecule has 0 aromatic heterocycles. The molecule has 0 fully saturated rings. The molecule has 1 aromatic rings. The lowest BCUT2D eigenvalue weighted by Gasteiger charge is -2.21. The van der Waals surface area contributed by atoms with E-state index in [1.807, 2.05) is 30.3 Å². The zero-order valence-corrected chi connectivity index (χ0v) is 12.6. The maximum atomic E-state index is 11.6. The molecule has 0 aliphatic carbocycles. The van der Waals surface area contributed by atoms with Crippen molar-refractivity contribution in [3.63, 3.8) is 0 Å². The molecule has 0 unspecified atom stereocenters. The summed E-state index contributed by atoms with van der Waals surface area (Å²) in [5.41, 5.74) is 0.329. The molecule has 0 amide bonds. The van der Waals surface area contributed by atoms with E-state index in [0.29, 0.717) is 0 Å². The Morgan fingerprint density at radius 1 is 1.43 bits per heavy atom. The predicted octanol–water partition coefficient (Wildman–Crippen LogP) is -0.247. The lowest BCUT2D eigenvalue weighted by molar-refractivity contribution is -0.742. The molecule has 1 aliphatic rings. The number of hydrogen-bond donors (Lipinski definition) is 2. The third kappa shape index (κ3) is 4.19. The molecule has 0 saturated carbocycles. The molecule has 0 spiro atoms. The largest absolute Gasteiger partial charge is 0.458 e. The van der Waals surface area contributed by atoms with Gasteiger partial charge in [0.05, 0.1) is 30.8 Å². The van der Waals surface area contributed by atoms with E-state index >= 15 is 0 Å². The van der Waals surface area contributed by atoms with Crippen LogP contribution in [0.3, 0.4) is 0 Å². The SMILES string of the molecule is CCOC(=O)C1=[N+]([O-])O[C@H]([C@H](O)COCc2ccccc2)[C@H]1O.